The molecule has 4 rings (SSSR count). The van der Waals surface area contributed by atoms with Gasteiger partial charge in [0, 0.05) is 30.3 Å². The highest BCUT2D eigenvalue weighted by Crippen LogP contribution is 2.29. The van der Waals surface area contributed by atoms with Crippen LogP contribution < -0.4 is 16.0 Å². The lowest BCUT2D eigenvalue weighted by Gasteiger charge is -2.14. The number of halogens is 1. The van der Waals surface area contributed by atoms with Crippen molar-refractivity contribution >= 4 is 23.7 Å². The smallest absolute Gasteiger partial charge is 0.414 e. The van der Waals surface area contributed by atoms with Crippen molar-refractivity contribution in [3.8, 4) is 22.5 Å². The number of nitrogens with zero attached hydrogens (tertiary/aromatic N) is 3. The minimum Gasteiger partial charge on any atom is -0.453 e. The maximum atomic E-state index is 14.9. The van der Waals surface area contributed by atoms with Gasteiger partial charge in [0.05, 0.1) is 24.5 Å². The molecule has 1 saturated heterocycles. The van der Waals surface area contributed by atoms with E-state index in [1.165, 1.54) is 24.1 Å². The summed E-state index contributed by atoms with van der Waals surface area (Å²) in [5.74, 6) is -0.862. The first kappa shape index (κ1) is 23.8. The second-order valence-corrected chi connectivity index (χ2v) is 7.74. The quantitative estimate of drug-likeness (QED) is 0.454. The molecule has 0 spiro atoms. The Morgan fingerprint density at radius 2 is 2.09 bits per heavy atom. The third-order valence-corrected chi connectivity index (χ3v) is 5.19. The lowest BCUT2D eigenvalue weighted by atomic mass is 10.1. The van der Waals surface area contributed by atoms with Crippen LogP contribution in [-0.4, -0.2) is 53.8 Å². The zero-order valence-corrected chi connectivity index (χ0v) is 18.8. The van der Waals surface area contributed by atoms with Crippen LogP contribution in [0.15, 0.2) is 47.1 Å². The van der Waals surface area contributed by atoms with E-state index in [-0.39, 0.29) is 32.1 Å². The van der Waals surface area contributed by atoms with Crippen molar-refractivity contribution in [2.75, 3.05) is 24.5 Å². The van der Waals surface area contributed by atoms with Crippen LogP contribution >= 0.6 is 0 Å². The zero-order valence-electron chi connectivity index (χ0n) is 18.8. The number of carbonyl (C=O) groups is 3. The van der Waals surface area contributed by atoms with Gasteiger partial charge in [0.15, 0.2) is 18.9 Å². The highest BCUT2D eigenvalue weighted by Gasteiger charge is 2.32. The summed E-state index contributed by atoms with van der Waals surface area (Å²) in [7, 11) is 0. The first-order valence-electron chi connectivity index (χ1n) is 10.7. The summed E-state index contributed by atoms with van der Waals surface area (Å²) in [5, 5.41) is 6.51. The van der Waals surface area contributed by atoms with Crippen molar-refractivity contribution in [3.63, 3.8) is 0 Å². The molecule has 1 aliphatic rings. The number of hydrogen-bond acceptors (Lipinski definition) is 8. The van der Waals surface area contributed by atoms with E-state index in [9.17, 15) is 18.8 Å². The number of rotatable bonds is 8. The van der Waals surface area contributed by atoms with Gasteiger partial charge in [-0.25, -0.2) is 14.0 Å². The van der Waals surface area contributed by atoms with E-state index in [4.69, 9.17) is 14.0 Å². The van der Waals surface area contributed by atoms with E-state index < -0.39 is 24.0 Å². The third kappa shape index (κ3) is 5.61. The molecule has 2 aromatic heterocycles. The van der Waals surface area contributed by atoms with E-state index in [1.807, 2.05) is 0 Å². The lowest BCUT2D eigenvalue weighted by Crippen LogP contribution is -2.54. The number of benzene rings is 1. The van der Waals surface area contributed by atoms with Gasteiger partial charge in [0.2, 0.25) is 5.91 Å². The van der Waals surface area contributed by atoms with E-state index in [0.29, 0.717) is 34.0 Å². The molecular formula is C23H23FN5O6+. The SMILES string of the molecule is CC(=O)NC[C@H]1CN(c2ccc(-c3ccc(-c4cc(COC(=O)C[NH3+])on4)nc3)c(F)c2)C(=O)O1. The third-order valence-electron chi connectivity index (χ3n) is 5.19. The predicted molar refractivity (Wildman–Crippen MR) is 119 cm³/mol. The number of anilines is 1. The van der Waals surface area contributed by atoms with Gasteiger partial charge in [-0.3, -0.25) is 14.7 Å². The number of aromatic nitrogens is 2. The molecule has 1 fully saturated rings. The van der Waals surface area contributed by atoms with Crippen molar-refractivity contribution in [1.82, 2.24) is 15.5 Å². The number of pyridine rings is 1. The maximum Gasteiger partial charge on any atom is 0.414 e. The van der Waals surface area contributed by atoms with Crippen molar-refractivity contribution < 1.29 is 38.5 Å². The van der Waals surface area contributed by atoms with Crippen LogP contribution in [0.1, 0.15) is 12.7 Å². The number of esters is 1. The van der Waals surface area contributed by atoms with Gasteiger partial charge in [0.1, 0.15) is 17.6 Å². The van der Waals surface area contributed by atoms with E-state index in [2.05, 4.69) is 21.2 Å². The normalized spacial score (nSPS) is 15.1. The van der Waals surface area contributed by atoms with Crippen molar-refractivity contribution in [1.29, 1.82) is 0 Å². The molecule has 12 heteroatoms. The Morgan fingerprint density at radius 3 is 2.77 bits per heavy atom. The lowest BCUT2D eigenvalue weighted by molar-refractivity contribution is -0.360. The molecule has 0 saturated carbocycles. The van der Waals surface area contributed by atoms with Crippen LogP contribution in [0.2, 0.25) is 0 Å². The largest absolute Gasteiger partial charge is 0.453 e. The molecule has 0 aliphatic carbocycles. The molecule has 3 heterocycles. The molecule has 1 atom stereocenters. The molecule has 182 valence electrons. The Balaban J connectivity index is 1.44. The predicted octanol–water partition coefficient (Wildman–Crippen LogP) is 1.29. The summed E-state index contributed by atoms with van der Waals surface area (Å²) in [6.45, 7) is 1.71. The number of nitrogens with one attached hydrogen (secondary N) is 1. The molecule has 11 nitrogen and oxygen atoms in total. The number of cyclic esters (lactones) is 1. The van der Waals surface area contributed by atoms with Gasteiger partial charge >= 0.3 is 12.1 Å². The average molecular weight is 484 g/mol. The minimum atomic E-state index is -0.605. The summed E-state index contributed by atoms with van der Waals surface area (Å²) >= 11 is 0. The Labute approximate surface area is 199 Å². The fraction of sp³-hybridized carbons (Fsp3) is 0.261. The number of hydrogen-bond donors (Lipinski definition) is 2. The Morgan fingerprint density at radius 1 is 1.26 bits per heavy atom. The summed E-state index contributed by atoms with van der Waals surface area (Å²) in [4.78, 5) is 40.1. The summed E-state index contributed by atoms with van der Waals surface area (Å²) in [6, 6.07) is 9.37. The van der Waals surface area contributed by atoms with Gasteiger partial charge in [-0.2, -0.15) is 0 Å². The van der Waals surface area contributed by atoms with Gasteiger partial charge in [-0.1, -0.05) is 11.2 Å². The van der Waals surface area contributed by atoms with Crippen LogP contribution in [0.5, 0.6) is 0 Å². The summed E-state index contributed by atoms with van der Waals surface area (Å²) in [5.41, 5.74) is 5.55. The summed E-state index contributed by atoms with van der Waals surface area (Å²) < 4.78 is 30.3. The monoisotopic (exact) mass is 484 g/mol. The fourth-order valence-electron chi connectivity index (χ4n) is 3.43. The van der Waals surface area contributed by atoms with Crippen molar-refractivity contribution in [2.45, 2.75) is 19.6 Å². The van der Waals surface area contributed by atoms with E-state index >= 15 is 0 Å². The molecule has 0 bridgehead atoms. The van der Waals surface area contributed by atoms with E-state index in [0.717, 1.165) is 0 Å². The van der Waals surface area contributed by atoms with Gasteiger partial charge in [-0.05, 0) is 24.3 Å². The molecule has 0 unspecified atom stereocenters. The maximum absolute atomic E-state index is 14.9. The first-order valence-corrected chi connectivity index (χ1v) is 10.7. The Bertz CT molecular complexity index is 1250. The molecule has 1 aromatic carbocycles. The topological polar surface area (TPSA) is 152 Å². The second-order valence-electron chi connectivity index (χ2n) is 7.74. The van der Waals surface area contributed by atoms with Crippen LogP contribution in [-0.2, 0) is 25.7 Å². The summed E-state index contributed by atoms with van der Waals surface area (Å²) in [6.07, 6.45) is 0.378. The molecule has 1 aliphatic heterocycles. The number of quaternary nitrogens is 1. The van der Waals surface area contributed by atoms with Crippen LogP contribution in [0, 0.1) is 5.82 Å². The molecule has 3 aromatic rings. The van der Waals surface area contributed by atoms with Crippen molar-refractivity contribution in [3.05, 3.63) is 54.2 Å². The van der Waals surface area contributed by atoms with Gasteiger partial charge < -0.3 is 25.0 Å². The Kier molecular flexibility index (Phi) is 7.01. The standard InChI is InChI=1S/C23H22FN5O6/c1-13(30)26-10-17-11-29(23(32)34-17)15-3-4-18(19(24)6-15)14-2-5-20(27-9-14)21-7-16(35-28-21)12-33-22(31)8-25/h2-7,9,17H,8,10-12,25H2,1H3,(H,26,30)/p+1/t17-/m0/s1. The van der Waals surface area contributed by atoms with E-state index in [1.54, 1.807) is 30.3 Å². The first-order chi connectivity index (χ1) is 16.8. The van der Waals surface area contributed by atoms with Crippen molar-refractivity contribution in [2.24, 2.45) is 0 Å². The Hall–Kier alpha value is -4.32. The van der Waals surface area contributed by atoms with Gasteiger partial charge in [-0.15, -0.1) is 0 Å². The minimum absolute atomic E-state index is 0.0167. The fourth-order valence-corrected chi connectivity index (χ4v) is 3.43. The molecule has 2 amide bonds. The molecule has 4 N–H and O–H groups in total. The molecule has 0 radical (unpaired) electrons. The number of carbonyl (C=O) groups excluding carboxylic acids is 3. The molecule has 35 heavy (non-hydrogen) atoms. The van der Waals surface area contributed by atoms with Crippen LogP contribution in [0.3, 0.4) is 0 Å². The second kappa shape index (κ2) is 10.3. The van der Waals surface area contributed by atoms with Crippen LogP contribution in [0.25, 0.3) is 22.5 Å². The van der Waals surface area contributed by atoms with Crippen LogP contribution in [0.4, 0.5) is 14.9 Å². The molecular weight excluding hydrogens is 461 g/mol. The number of amides is 2. The average Bonchev–Trinajstić information content (AvgIpc) is 3.48. The number of ether oxygens (including phenoxy) is 2. The zero-order chi connectivity index (χ0) is 24.9. The highest BCUT2D eigenvalue weighted by atomic mass is 19.1. The van der Waals surface area contributed by atoms with Gasteiger partial charge in [0.25, 0.3) is 0 Å². The highest BCUT2D eigenvalue weighted by molar-refractivity contribution is 5.90.